The lowest BCUT2D eigenvalue weighted by Gasteiger charge is -2.49. The second-order valence-corrected chi connectivity index (χ2v) is 16.0. The summed E-state index contributed by atoms with van der Waals surface area (Å²) in [6, 6.07) is 22.7. The highest BCUT2D eigenvalue weighted by Gasteiger charge is 2.76. The number of hydrogen-bond acceptors (Lipinski definition) is 12. The van der Waals surface area contributed by atoms with E-state index >= 15 is 0 Å². The quantitative estimate of drug-likeness (QED) is 0.137. The molecule has 3 heterocycles. The predicted molar refractivity (Wildman–Crippen MR) is 201 cm³/mol. The number of alkyl halides is 3. The fraction of sp³-hybridized carbons (Fsp3) is 0.442. The number of aliphatic hydroxyl groups is 1. The number of carbonyl (C=O) groups excluding carboxylic acids is 4. The zero-order valence-electron chi connectivity index (χ0n) is 32.6. The summed E-state index contributed by atoms with van der Waals surface area (Å²) < 4.78 is 67.7. The average molecular weight is 823 g/mol. The number of aliphatic hydroxyl groups excluding tert-OH is 1. The van der Waals surface area contributed by atoms with Crippen molar-refractivity contribution in [2.24, 2.45) is 5.41 Å². The Kier molecular flexibility index (Phi) is 11.7. The van der Waals surface area contributed by atoms with Gasteiger partial charge in [0, 0.05) is 30.0 Å². The van der Waals surface area contributed by atoms with Crippen molar-refractivity contribution in [1.82, 2.24) is 10.4 Å². The lowest BCUT2D eigenvalue weighted by atomic mass is 9.62. The lowest BCUT2D eigenvalue weighted by molar-refractivity contribution is -0.213. The molecule has 16 heteroatoms. The maximum absolute atomic E-state index is 15.0. The van der Waals surface area contributed by atoms with Gasteiger partial charge in [0.2, 0.25) is 11.7 Å². The standard InChI is InChI=1S/C43H45F3N2O11/c1-40(2,3)56-33(51)21-19-30(24-49)47-39(53)41-22-31-34-35(58-43(57-34,28-14-6-4-7-15-28)29-16-8-5-9-17-29)37(41)59-48(36(41)38(52)55-31)23-27-13-11-10-12-26(27)18-20-32(50)54-25-42(44,45)46/h4-18,20,30-31,34-37,49H,19,21-25H2,1-3H3,(H,47,53). The van der Waals surface area contributed by atoms with Crippen molar-refractivity contribution in [3.63, 3.8) is 0 Å². The Morgan fingerprint density at radius 2 is 1.58 bits per heavy atom. The van der Waals surface area contributed by atoms with Gasteiger partial charge in [-0.2, -0.15) is 18.2 Å². The third-order valence-corrected chi connectivity index (χ3v) is 10.7. The average Bonchev–Trinajstić information content (AvgIpc) is 3.78. The molecule has 3 saturated heterocycles. The van der Waals surface area contributed by atoms with Gasteiger partial charge in [0.25, 0.3) is 0 Å². The topological polar surface area (TPSA) is 159 Å². The minimum absolute atomic E-state index is 0.0307. The monoisotopic (exact) mass is 822 g/mol. The molecule has 4 fully saturated rings. The van der Waals surface area contributed by atoms with Gasteiger partial charge >= 0.3 is 24.1 Å². The summed E-state index contributed by atoms with van der Waals surface area (Å²) in [4.78, 5) is 60.7. The fourth-order valence-electron chi connectivity index (χ4n) is 8.27. The summed E-state index contributed by atoms with van der Waals surface area (Å²) in [5, 5.41) is 14.6. The van der Waals surface area contributed by atoms with E-state index in [1.807, 2.05) is 60.7 Å². The second kappa shape index (κ2) is 16.5. The summed E-state index contributed by atoms with van der Waals surface area (Å²) in [7, 11) is 0. The molecule has 7 unspecified atom stereocenters. The second-order valence-electron chi connectivity index (χ2n) is 16.0. The van der Waals surface area contributed by atoms with Crippen molar-refractivity contribution in [2.45, 2.75) is 101 Å². The molecule has 3 aromatic rings. The van der Waals surface area contributed by atoms with E-state index in [1.165, 1.54) is 11.1 Å². The molecule has 314 valence electrons. The molecule has 0 spiro atoms. The number of carbonyl (C=O) groups is 4. The van der Waals surface area contributed by atoms with Crippen LogP contribution < -0.4 is 5.32 Å². The summed E-state index contributed by atoms with van der Waals surface area (Å²) in [5.41, 5.74) is -0.271. The number of hydrogen-bond donors (Lipinski definition) is 2. The number of benzene rings is 3. The highest BCUT2D eigenvalue weighted by molar-refractivity contribution is 5.94. The van der Waals surface area contributed by atoms with Crippen LogP contribution in [0.2, 0.25) is 0 Å². The van der Waals surface area contributed by atoms with Gasteiger partial charge in [0.05, 0.1) is 19.2 Å². The van der Waals surface area contributed by atoms with Gasteiger partial charge in [-0.3, -0.25) is 19.2 Å². The first-order valence-corrected chi connectivity index (χ1v) is 19.3. The molecule has 1 saturated carbocycles. The Morgan fingerprint density at radius 1 is 0.949 bits per heavy atom. The Labute approximate surface area is 338 Å². The van der Waals surface area contributed by atoms with Gasteiger partial charge in [0.15, 0.2) is 12.6 Å². The zero-order chi connectivity index (χ0) is 42.2. The van der Waals surface area contributed by atoms with Crippen molar-refractivity contribution in [2.75, 3.05) is 13.2 Å². The maximum atomic E-state index is 15.0. The summed E-state index contributed by atoms with van der Waals surface area (Å²) in [6.45, 7) is 2.75. The van der Waals surface area contributed by atoms with E-state index in [0.717, 1.165) is 6.08 Å². The van der Waals surface area contributed by atoms with Crippen molar-refractivity contribution in [1.29, 1.82) is 0 Å². The molecule has 4 aliphatic rings. The molecular weight excluding hydrogens is 777 g/mol. The van der Waals surface area contributed by atoms with Crippen LogP contribution in [0.1, 0.15) is 62.3 Å². The van der Waals surface area contributed by atoms with Crippen LogP contribution in [-0.4, -0.2) is 95.5 Å². The molecule has 3 aliphatic heterocycles. The van der Waals surface area contributed by atoms with Crippen molar-refractivity contribution in [3.8, 4) is 0 Å². The Bertz CT molecular complexity index is 2020. The number of rotatable bonds is 13. The third kappa shape index (κ3) is 8.64. The van der Waals surface area contributed by atoms with Crippen LogP contribution in [0.25, 0.3) is 6.08 Å². The summed E-state index contributed by atoms with van der Waals surface area (Å²) >= 11 is 0. The van der Waals surface area contributed by atoms with Gasteiger partial charge in [-0.05, 0) is 44.4 Å². The van der Waals surface area contributed by atoms with Crippen LogP contribution in [0.3, 0.4) is 0 Å². The molecule has 0 aromatic heterocycles. The van der Waals surface area contributed by atoms with Crippen molar-refractivity contribution >= 4 is 29.9 Å². The van der Waals surface area contributed by atoms with Crippen LogP contribution in [0, 0.1) is 5.41 Å². The van der Waals surface area contributed by atoms with Gasteiger partial charge in [0.1, 0.15) is 35.4 Å². The largest absolute Gasteiger partial charge is 0.460 e. The first kappa shape index (κ1) is 42.0. The minimum Gasteiger partial charge on any atom is -0.460 e. The normalized spacial score (nSPS) is 26.5. The van der Waals surface area contributed by atoms with Crippen LogP contribution in [0.4, 0.5) is 13.2 Å². The highest BCUT2D eigenvalue weighted by atomic mass is 19.4. The van der Waals surface area contributed by atoms with Gasteiger partial charge in [-0.25, -0.2) is 4.79 Å². The number of ether oxygens (including phenoxy) is 5. The smallest absolute Gasteiger partial charge is 0.422 e. The van der Waals surface area contributed by atoms with Crippen molar-refractivity contribution in [3.05, 3.63) is 113 Å². The van der Waals surface area contributed by atoms with Crippen LogP contribution in [0.5, 0.6) is 0 Å². The van der Waals surface area contributed by atoms with E-state index < -0.39 is 96.5 Å². The number of fused-ring (bicyclic) bond motifs is 4. The number of esters is 3. The SMILES string of the molecule is CC(C)(C)OC(=O)CCC(CO)NC(=O)C12CC3OC(=O)C1N(Cc1ccccc1C=CC(=O)OCC(F)(F)F)OC2C1OC(c2ccccc2)(c2ccccc2)OC31. The van der Waals surface area contributed by atoms with Gasteiger partial charge in [-0.1, -0.05) is 84.9 Å². The number of nitrogens with zero attached hydrogens (tertiary/aromatic N) is 1. The molecule has 2 N–H and O–H groups in total. The van der Waals surface area contributed by atoms with E-state index in [2.05, 4.69) is 10.1 Å². The minimum atomic E-state index is -4.70. The van der Waals surface area contributed by atoms with Crippen LogP contribution in [-0.2, 0) is 60.0 Å². The molecule has 13 nitrogen and oxygen atoms in total. The fourth-order valence-corrected chi connectivity index (χ4v) is 8.27. The predicted octanol–water partition coefficient (Wildman–Crippen LogP) is 4.89. The molecule has 7 atom stereocenters. The molecular formula is C43H45F3N2O11. The molecule has 3 aromatic carbocycles. The molecule has 7 rings (SSSR count). The van der Waals surface area contributed by atoms with E-state index in [1.54, 1.807) is 45.0 Å². The van der Waals surface area contributed by atoms with E-state index in [-0.39, 0.29) is 25.8 Å². The molecule has 59 heavy (non-hydrogen) atoms. The number of hydroxylamine groups is 2. The number of amides is 1. The summed E-state index contributed by atoms with van der Waals surface area (Å²) in [5.74, 6) is -4.66. The first-order valence-electron chi connectivity index (χ1n) is 19.3. The summed E-state index contributed by atoms with van der Waals surface area (Å²) in [6.07, 6.45) is -6.76. The zero-order valence-corrected chi connectivity index (χ0v) is 32.6. The Hall–Kier alpha value is -5.13. The van der Waals surface area contributed by atoms with Crippen LogP contribution >= 0.6 is 0 Å². The van der Waals surface area contributed by atoms with Gasteiger partial charge in [-0.15, -0.1) is 0 Å². The number of halogens is 3. The maximum Gasteiger partial charge on any atom is 0.422 e. The lowest BCUT2D eigenvalue weighted by Crippen LogP contribution is -2.70. The van der Waals surface area contributed by atoms with E-state index in [4.69, 9.17) is 23.8 Å². The molecule has 2 bridgehead atoms. The van der Waals surface area contributed by atoms with Gasteiger partial charge < -0.3 is 34.1 Å². The molecule has 1 aliphatic carbocycles. The Balaban J connectivity index is 1.24. The first-order chi connectivity index (χ1) is 28.0. The van der Waals surface area contributed by atoms with E-state index in [9.17, 15) is 37.5 Å². The number of nitrogens with one attached hydrogen (secondary N) is 1. The third-order valence-electron chi connectivity index (χ3n) is 10.7. The van der Waals surface area contributed by atoms with Crippen LogP contribution in [0.15, 0.2) is 91.0 Å². The Morgan fingerprint density at radius 3 is 2.20 bits per heavy atom. The van der Waals surface area contributed by atoms with Crippen molar-refractivity contribution < 1.29 is 66.0 Å². The molecule has 0 radical (unpaired) electrons. The molecule has 1 amide bonds. The highest BCUT2D eigenvalue weighted by Crippen LogP contribution is 2.59. The van der Waals surface area contributed by atoms with E-state index in [0.29, 0.717) is 22.3 Å².